The third kappa shape index (κ3) is 5.86. The number of hydrogen-bond acceptors (Lipinski definition) is 6. The number of nitrogens with one attached hydrogen (secondary N) is 1. The minimum atomic E-state index is -0.242. The molecule has 3 aromatic rings. The molecule has 0 aliphatic carbocycles. The van der Waals surface area contributed by atoms with E-state index in [1.165, 1.54) is 0 Å². The van der Waals surface area contributed by atoms with Crippen molar-refractivity contribution in [2.24, 2.45) is 12.5 Å². The zero-order valence-corrected chi connectivity index (χ0v) is 22.4. The monoisotopic (exact) mass is 504 g/mol. The SMILES string of the molecule is CCOC(=O)N1CCC(NCc2ccc(C#N)c(-c3ccc4c(n3)n(C)c(=O)n4CC(C)(C)C)c2)CC1. The van der Waals surface area contributed by atoms with E-state index in [4.69, 9.17) is 9.72 Å². The van der Waals surface area contributed by atoms with Crippen molar-refractivity contribution in [3.63, 3.8) is 0 Å². The largest absolute Gasteiger partial charge is 0.450 e. The zero-order valence-electron chi connectivity index (χ0n) is 22.4. The molecular formula is C28H36N6O3. The number of benzene rings is 1. The van der Waals surface area contributed by atoms with Crippen molar-refractivity contribution in [1.82, 2.24) is 24.3 Å². The average molecular weight is 505 g/mol. The zero-order chi connectivity index (χ0) is 26.7. The summed E-state index contributed by atoms with van der Waals surface area (Å²) in [4.78, 5) is 31.4. The van der Waals surface area contributed by atoms with Crippen molar-refractivity contribution >= 4 is 17.3 Å². The van der Waals surface area contributed by atoms with E-state index >= 15 is 0 Å². The van der Waals surface area contributed by atoms with Gasteiger partial charge in [-0.1, -0.05) is 26.8 Å². The molecule has 1 aromatic carbocycles. The number of piperidine rings is 1. The van der Waals surface area contributed by atoms with Gasteiger partial charge in [-0.05, 0) is 55.0 Å². The highest BCUT2D eigenvalue weighted by Crippen LogP contribution is 2.26. The number of carbonyl (C=O) groups excluding carboxylic acids is 1. The predicted molar refractivity (Wildman–Crippen MR) is 143 cm³/mol. The minimum Gasteiger partial charge on any atom is -0.450 e. The number of ether oxygens (including phenoxy) is 1. The Bertz CT molecular complexity index is 1380. The van der Waals surface area contributed by atoms with Crippen LogP contribution < -0.4 is 11.0 Å². The summed E-state index contributed by atoms with van der Waals surface area (Å²) in [7, 11) is 1.74. The van der Waals surface area contributed by atoms with Gasteiger partial charge in [-0.3, -0.25) is 9.13 Å². The van der Waals surface area contributed by atoms with Gasteiger partial charge >= 0.3 is 11.8 Å². The summed E-state index contributed by atoms with van der Waals surface area (Å²) < 4.78 is 8.44. The van der Waals surface area contributed by atoms with Gasteiger partial charge < -0.3 is 15.0 Å². The van der Waals surface area contributed by atoms with Crippen LogP contribution in [0.4, 0.5) is 4.79 Å². The van der Waals surface area contributed by atoms with Crippen molar-refractivity contribution in [2.75, 3.05) is 19.7 Å². The second-order valence-electron chi connectivity index (χ2n) is 10.9. The maximum atomic E-state index is 12.9. The molecule has 1 aliphatic rings. The molecule has 9 nitrogen and oxygen atoms in total. The number of fused-ring (bicyclic) bond motifs is 1. The molecule has 37 heavy (non-hydrogen) atoms. The van der Waals surface area contributed by atoms with Crippen LogP contribution in [0.1, 0.15) is 51.7 Å². The molecule has 1 saturated heterocycles. The summed E-state index contributed by atoms with van der Waals surface area (Å²) >= 11 is 0. The highest BCUT2D eigenvalue weighted by atomic mass is 16.6. The molecule has 1 aliphatic heterocycles. The molecule has 1 N–H and O–H groups in total. The lowest BCUT2D eigenvalue weighted by Gasteiger charge is -2.31. The number of carbonyl (C=O) groups is 1. The number of likely N-dealkylation sites (tertiary alicyclic amines) is 1. The Morgan fingerprint density at radius 2 is 1.95 bits per heavy atom. The van der Waals surface area contributed by atoms with E-state index in [1.807, 2.05) is 37.3 Å². The summed E-state index contributed by atoms with van der Waals surface area (Å²) in [5.74, 6) is 0. The number of amides is 1. The van der Waals surface area contributed by atoms with Crippen molar-refractivity contribution in [3.8, 4) is 17.3 Å². The third-order valence-corrected chi connectivity index (χ3v) is 6.71. The van der Waals surface area contributed by atoms with Crippen molar-refractivity contribution in [2.45, 2.75) is 59.7 Å². The van der Waals surface area contributed by atoms with E-state index in [-0.39, 0.29) is 17.2 Å². The van der Waals surface area contributed by atoms with E-state index in [1.54, 1.807) is 21.1 Å². The van der Waals surface area contributed by atoms with Crippen LogP contribution in [0.25, 0.3) is 22.4 Å². The molecule has 1 amide bonds. The fraction of sp³-hybridized carbons (Fsp3) is 0.500. The molecular weight excluding hydrogens is 468 g/mol. The van der Waals surface area contributed by atoms with Crippen LogP contribution in [0.3, 0.4) is 0 Å². The molecule has 3 heterocycles. The molecule has 196 valence electrons. The van der Waals surface area contributed by atoms with Crippen LogP contribution in [-0.2, 0) is 24.9 Å². The van der Waals surface area contributed by atoms with Crippen molar-refractivity contribution in [3.05, 3.63) is 51.9 Å². The van der Waals surface area contributed by atoms with Gasteiger partial charge in [0.1, 0.15) is 0 Å². The Labute approximate surface area is 217 Å². The molecule has 0 saturated carbocycles. The molecule has 0 unspecified atom stereocenters. The number of hydrogen-bond donors (Lipinski definition) is 1. The summed E-state index contributed by atoms with van der Waals surface area (Å²) in [5.41, 5.74) is 4.24. The van der Waals surface area contributed by atoms with Gasteiger partial charge in [0.05, 0.1) is 29.5 Å². The predicted octanol–water partition coefficient (Wildman–Crippen LogP) is 4.03. The van der Waals surface area contributed by atoms with E-state index in [0.29, 0.717) is 55.7 Å². The number of nitrogens with zero attached hydrogens (tertiary/aromatic N) is 5. The van der Waals surface area contributed by atoms with Gasteiger partial charge in [0.25, 0.3) is 0 Å². The first-order chi connectivity index (χ1) is 17.6. The summed E-state index contributed by atoms with van der Waals surface area (Å²) in [5, 5.41) is 13.3. The van der Waals surface area contributed by atoms with E-state index < -0.39 is 0 Å². The number of pyridine rings is 1. The van der Waals surface area contributed by atoms with Gasteiger partial charge in [0, 0.05) is 44.8 Å². The van der Waals surface area contributed by atoms with Crippen LogP contribution in [0.5, 0.6) is 0 Å². The molecule has 1 fully saturated rings. The highest BCUT2D eigenvalue weighted by Gasteiger charge is 2.23. The second kappa shape index (κ2) is 10.8. The first-order valence-electron chi connectivity index (χ1n) is 12.9. The first-order valence-corrected chi connectivity index (χ1v) is 12.9. The Morgan fingerprint density at radius 1 is 1.22 bits per heavy atom. The first kappa shape index (κ1) is 26.4. The second-order valence-corrected chi connectivity index (χ2v) is 10.9. The van der Waals surface area contributed by atoms with E-state index in [9.17, 15) is 14.9 Å². The molecule has 2 aromatic heterocycles. The molecule has 0 spiro atoms. The lowest BCUT2D eigenvalue weighted by Crippen LogP contribution is -2.44. The van der Waals surface area contributed by atoms with Crippen LogP contribution in [0.2, 0.25) is 0 Å². The molecule has 9 heteroatoms. The lowest BCUT2D eigenvalue weighted by atomic mass is 9.97. The third-order valence-electron chi connectivity index (χ3n) is 6.71. The standard InChI is InChI=1S/C28H36N6O3/c1-6-37-27(36)33-13-11-21(12-14-33)30-17-19-7-8-20(16-29)22(15-19)23-9-10-24-25(31-23)32(5)26(35)34(24)18-28(2,3)4/h7-10,15,21,30H,6,11-14,17-18H2,1-5H3. The normalized spacial score (nSPS) is 14.6. The number of nitriles is 1. The number of aromatic nitrogens is 3. The Balaban J connectivity index is 1.53. The summed E-state index contributed by atoms with van der Waals surface area (Å²) in [6, 6.07) is 12.2. The average Bonchev–Trinajstić information content (AvgIpc) is 3.11. The Hall–Kier alpha value is -3.64. The number of imidazole rings is 1. The lowest BCUT2D eigenvalue weighted by molar-refractivity contribution is 0.0950. The van der Waals surface area contributed by atoms with Crippen molar-refractivity contribution < 1.29 is 9.53 Å². The van der Waals surface area contributed by atoms with Gasteiger partial charge in [0.15, 0.2) is 5.65 Å². The van der Waals surface area contributed by atoms with Crippen LogP contribution in [-0.4, -0.2) is 50.8 Å². The summed E-state index contributed by atoms with van der Waals surface area (Å²) in [6.45, 7) is 11.1. The smallest absolute Gasteiger partial charge is 0.409 e. The van der Waals surface area contributed by atoms with E-state index in [0.717, 1.165) is 29.5 Å². The van der Waals surface area contributed by atoms with E-state index in [2.05, 4.69) is 32.2 Å². The Morgan fingerprint density at radius 3 is 2.59 bits per heavy atom. The molecule has 0 atom stereocenters. The minimum absolute atomic E-state index is 0.0540. The number of aryl methyl sites for hydroxylation is 1. The van der Waals surface area contributed by atoms with Gasteiger partial charge in [-0.15, -0.1) is 0 Å². The fourth-order valence-electron chi connectivity index (χ4n) is 4.80. The highest BCUT2D eigenvalue weighted by molar-refractivity contribution is 5.78. The number of rotatable bonds is 6. The molecule has 4 rings (SSSR count). The molecule has 0 radical (unpaired) electrons. The quantitative estimate of drug-likeness (QED) is 0.543. The van der Waals surface area contributed by atoms with Gasteiger partial charge in [-0.2, -0.15) is 5.26 Å². The fourth-order valence-corrected chi connectivity index (χ4v) is 4.80. The van der Waals surface area contributed by atoms with Crippen molar-refractivity contribution in [1.29, 1.82) is 5.26 Å². The van der Waals surface area contributed by atoms with Gasteiger partial charge in [0.2, 0.25) is 0 Å². The molecule has 0 bridgehead atoms. The maximum Gasteiger partial charge on any atom is 0.409 e. The van der Waals surface area contributed by atoms with Crippen LogP contribution in [0, 0.1) is 16.7 Å². The maximum absolute atomic E-state index is 12.9. The van der Waals surface area contributed by atoms with Crippen LogP contribution >= 0.6 is 0 Å². The topological polar surface area (TPSA) is 105 Å². The Kier molecular flexibility index (Phi) is 7.69. The summed E-state index contributed by atoms with van der Waals surface area (Å²) in [6.07, 6.45) is 1.48. The van der Waals surface area contributed by atoms with Crippen LogP contribution in [0.15, 0.2) is 35.1 Å². The van der Waals surface area contributed by atoms with Gasteiger partial charge in [-0.25, -0.2) is 14.6 Å².